The Morgan fingerprint density at radius 3 is 2.24 bits per heavy atom. The Balaban J connectivity index is 2.25. The molecule has 2 rings (SSSR count). The van der Waals surface area contributed by atoms with Gasteiger partial charge in [-0.2, -0.15) is 0 Å². The van der Waals surface area contributed by atoms with Crippen LogP contribution in [0.4, 0.5) is 0 Å². The van der Waals surface area contributed by atoms with E-state index in [1.54, 1.807) is 25.1 Å². The van der Waals surface area contributed by atoms with Gasteiger partial charge in [-0.1, -0.05) is 56.1 Å². The fraction of sp³-hybridized carbons (Fsp3) is 0.462. The summed E-state index contributed by atoms with van der Waals surface area (Å²) in [4.78, 5) is 27.6. The van der Waals surface area contributed by atoms with Gasteiger partial charge in [-0.05, 0) is 84.4 Å². The van der Waals surface area contributed by atoms with E-state index in [-0.39, 0.29) is 30.4 Å². The summed E-state index contributed by atoms with van der Waals surface area (Å²) in [5, 5.41) is 3.86. The number of nitrogens with zero attached hydrogens (tertiary/aromatic N) is 1. The van der Waals surface area contributed by atoms with Gasteiger partial charge in [0.1, 0.15) is 11.8 Å². The molecule has 0 aromatic heterocycles. The molecular weight excluding hydrogens is 539 g/mol. The lowest BCUT2D eigenvalue weighted by atomic mass is 9.87. The highest BCUT2D eigenvalue weighted by Gasteiger charge is 2.29. The van der Waals surface area contributed by atoms with Crippen molar-refractivity contribution in [1.82, 2.24) is 10.2 Å². The van der Waals surface area contributed by atoms with Crippen molar-refractivity contribution in [2.24, 2.45) is 0 Å². The molecule has 0 spiro atoms. The van der Waals surface area contributed by atoms with Crippen LogP contribution < -0.4 is 10.1 Å². The molecule has 0 radical (unpaired) electrons. The molecule has 5 nitrogen and oxygen atoms in total. The SMILES string of the molecule is C[C@H](C(=O)NC(C)(C)C)N(Cc1ccc(Cl)cc1Cl)C(=O)COc1ccc(C(C)(C)C)cc1Br. The summed E-state index contributed by atoms with van der Waals surface area (Å²) in [6, 6.07) is 10.1. The number of hydrogen-bond donors (Lipinski definition) is 1. The van der Waals surface area contributed by atoms with Crippen molar-refractivity contribution in [3.63, 3.8) is 0 Å². The summed E-state index contributed by atoms with van der Waals surface area (Å²) < 4.78 is 6.60. The molecule has 0 saturated heterocycles. The van der Waals surface area contributed by atoms with E-state index < -0.39 is 11.6 Å². The Bertz CT molecular complexity index is 1050. The van der Waals surface area contributed by atoms with E-state index in [0.717, 1.165) is 10.0 Å². The molecular formula is C26H33BrCl2N2O3. The van der Waals surface area contributed by atoms with Crippen LogP contribution in [0.25, 0.3) is 0 Å². The normalized spacial score (nSPS) is 12.8. The Morgan fingerprint density at radius 1 is 1.06 bits per heavy atom. The van der Waals surface area contributed by atoms with E-state index in [2.05, 4.69) is 42.0 Å². The standard InChI is InChI=1S/C26H33BrCl2N2O3/c1-16(24(33)30-26(5,6)7)31(14-17-8-10-19(28)13-21(17)29)23(32)15-34-22-11-9-18(12-20(22)27)25(2,3)4/h8-13,16H,14-15H2,1-7H3,(H,30,33)/t16-/m1/s1. The van der Waals surface area contributed by atoms with Gasteiger partial charge < -0.3 is 15.0 Å². The van der Waals surface area contributed by atoms with Crippen LogP contribution in [0.3, 0.4) is 0 Å². The maximum absolute atomic E-state index is 13.3. The smallest absolute Gasteiger partial charge is 0.261 e. The van der Waals surface area contributed by atoms with Gasteiger partial charge in [0.2, 0.25) is 5.91 Å². The molecule has 0 bridgehead atoms. The molecule has 0 heterocycles. The van der Waals surface area contributed by atoms with E-state index in [4.69, 9.17) is 27.9 Å². The van der Waals surface area contributed by atoms with Gasteiger partial charge in [0, 0.05) is 22.1 Å². The topological polar surface area (TPSA) is 58.6 Å². The summed E-state index contributed by atoms with van der Waals surface area (Å²) in [5.74, 6) is -0.0476. The van der Waals surface area contributed by atoms with Crippen LogP contribution in [-0.2, 0) is 21.5 Å². The third-order valence-corrected chi connectivity index (χ3v) is 6.38. The third kappa shape index (κ3) is 8.17. The summed E-state index contributed by atoms with van der Waals surface area (Å²) in [6.45, 7) is 13.7. The molecule has 0 unspecified atom stereocenters. The van der Waals surface area contributed by atoms with Crippen LogP contribution in [0, 0.1) is 0 Å². The number of benzene rings is 2. The summed E-state index contributed by atoms with van der Waals surface area (Å²) >= 11 is 15.9. The summed E-state index contributed by atoms with van der Waals surface area (Å²) in [5.41, 5.74) is 1.38. The van der Waals surface area contributed by atoms with Crippen molar-refractivity contribution in [1.29, 1.82) is 0 Å². The fourth-order valence-corrected chi connectivity index (χ4v) is 4.16. The fourth-order valence-electron chi connectivity index (χ4n) is 3.20. The molecule has 2 aromatic rings. The van der Waals surface area contributed by atoms with Crippen molar-refractivity contribution >= 4 is 50.9 Å². The predicted octanol–water partition coefficient (Wildman–Crippen LogP) is 6.76. The van der Waals surface area contributed by atoms with Gasteiger partial charge >= 0.3 is 0 Å². The summed E-state index contributed by atoms with van der Waals surface area (Å²) in [7, 11) is 0. The van der Waals surface area contributed by atoms with Crippen molar-refractivity contribution < 1.29 is 14.3 Å². The quantitative estimate of drug-likeness (QED) is 0.399. The van der Waals surface area contributed by atoms with Crippen LogP contribution >= 0.6 is 39.1 Å². The van der Waals surface area contributed by atoms with E-state index in [1.165, 1.54) is 4.90 Å². The molecule has 8 heteroatoms. The van der Waals surface area contributed by atoms with Gasteiger partial charge in [-0.25, -0.2) is 0 Å². The minimum atomic E-state index is -0.742. The number of rotatable bonds is 7. The lowest BCUT2D eigenvalue weighted by molar-refractivity contribution is -0.142. The average Bonchev–Trinajstić information content (AvgIpc) is 2.69. The van der Waals surface area contributed by atoms with E-state index in [1.807, 2.05) is 39.0 Å². The van der Waals surface area contributed by atoms with E-state index >= 15 is 0 Å². The van der Waals surface area contributed by atoms with Crippen molar-refractivity contribution in [3.05, 3.63) is 62.0 Å². The first-order valence-corrected chi connectivity index (χ1v) is 12.6. The first-order valence-electron chi connectivity index (χ1n) is 11.1. The molecule has 0 aliphatic carbocycles. The highest BCUT2D eigenvalue weighted by molar-refractivity contribution is 9.10. The molecule has 2 amide bonds. The van der Waals surface area contributed by atoms with Gasteiger partial charge in [0.05, 0.1) is 4.47 Å². The number of nitrogens with one attached hydrogen (secondary N) is 1. The Labute approximate surface area is 221 Å². The number of carbonyl (C=O) groups is 2. The first kappa shape index (κ1) is 28.5. The summed E-state index contributed by atoms with van der Waals surface area (Å²) in [6.07, 6.45) is 0. The van der Waals surface area contributed by atoms with Crippen LogP contribution in [0.1, 0.15) is 59.6 Å². The van der Waals surface area contributed by atoms with Crippen LogP contribution in [0.15, 0.2) is 40.9 Å². The number of halogens is 3. The zero-order valence-electron chi connectivity index (χ0n) is 20.8. The Morgan fingerprint density at radius 2 is 1.71 bits per heavy atom. The Kier molecular flexibility index (Phi) is 9.48. The molecule has 0 saturated carbocycles. The van der Waals surface area contributed by atoms with Crippen molar-refractivity contribution in [2.75, 3.05) is 6.61 Å². The third-order valence-electron chi connectivity index (χ3n) is 5.17. The van der Waals surface area contributed by atoms with Gasteiger partial charge in [-0.3, -0.25) is 9.59 Å². The van der Waals surface area contributed by atoms with Crippen LogP contribution in [-0.4, -0.2) is 34.9 Å². The molecule has 0 fully saturated rings. The van der Waals surface area contributed by atoms with Gasteiger partial charge in [-0.15, -0.1) is 0 Å². The maximum atomic E-state index is 13.3. The maximum Gasteiger partial charge on any atom is 0.261 e. The largest absolute Gasteiger partial charge is 0.483 e. The van der Waals surface area contributed by atoms with E-state index in [9.17, 15) is 9.59 Å². The lowest BCUT2D eigenvalue weighted by Gasteiger charge is -2.31. The second-order valence-electron chi connectivity index (χ2n) is 10.4. The molecule has 0 aliphatic heterocycles. The molecule has 186 valence electrons. The van der Waals surface area contributed by atoms with Crippen LogP contribution in [0.2, 0.25) is 10.0 Å². The van der Waals surface area contributed by atoms with Crippen molar-refractivity contribution in [2.45, 2.75) is 72.0 Å². The monoisotopic (exact) mass is 570 g/mol. The first-order chi connectivity index (χ1) is 15.6. The number of carbonyl (C=O) groups excluding carboxylic acids is 2. The number of ether oxygens (including phenoxy) is 1. The van der Waals surface area contributed by atoms with Gasteiger partial charge in [0.15, 0.2) is 6.61 Å². The zero-order valence-corrected chi connectivity index (χ0v) is 23.9. The van der Waals surface area contributed by atoms with Crippen molar-refractivity contribution in [3.8, 4) is 5.75 Å². The molecule has 34 heavy (non-hydrogen) atoms. The Hall–Kier alpha value is -1.76. The second-order valence-corrected chi connectivity index (χ2v) is 12.1. The molecule has 1 atom stereocenters. The van der Waals surface area contributed by atoms with Gasteiger partial charge in [0.25, 0.3) is 5.91 Å². The average molecular weight is 572 g/mol. The second kappa shape index (κ2) is 11.3. The van der Waals surface area contributed by atoms with Crippen LogP contribution in [0.5, 0.6) is 5.75 Å². The van der Waals surface area contributed by atoms with E-state index in [0.29, 0.717) is 21.4 Å². The molecule has 2 aromatic carbocycles. The minimum Gasteiger partial charge on any atom is -0.483 e. The highest BCUT2D eigenvalue weighted by Crippen LogP contribution is 2.31. The molecule has 0 aliphatic rings. The number of hydrogen-bond acceptors (Lipinski definition) is 3. The zero-order chi connectivity index (χ0) is 25.8. The highest BCUT2D eigenvalue weighted by atomic mass is 79.9. The number of amides is 2. The predicted molar refractivity (Wildman–Crippen MR) is 143 cm³/mol. The lowest BCUT2D eigenvalue weighted by Crippen LogP contribution is -2.53. The molecule has 1 N–H and O–H groups in total. The minimum absolute atomic E-state index is 0.0125.